The molecule has 0 amide bonds. The van der Waals surface area contributed by atoms with Gasteiger partial charge in [-0.15, -0.1) is 0 Å². The van der Waals surface area contributed by atoms with Crippen molar-refractivity contribution in [3.8, 4) is 11.5 Å². The van der Waals surface area contributed by atoms with Gasteiger partial charge in [-0.3, -0.25) is 9.59 Å². The van der Waals surface area contributed by atoms with Gasteiger partial charge in [0.2, 0.25) is 0 Å². The molecule has 0 aliphatic rings. The van der Waals surface area contributed by atoms with Crippen LogP contribution in [0.1, 0.15) is 24.2 Å². The molecule has 1 aromatic carbocycles. The number of esters is 1. The van der Waals surface area contributed by atoms with Crippen molar-refractivity contribution in [1.82, 2.24) is 0 Å². The molecule has 1 aromatic rings. The lowest BCUT2D eigenvalue weighted by atomic mass is 10.2. The monoisotopic (exact) mass is 266 g/mol. The molecule has 5 nitrogen and oxygen atoms in total. The maximum atomic E-state index is 11.4. The Balaban J connectivity index is 2.67. The fourth-order valence-electron chi connectivity index (χ4n) is 1.44. The zero-order chi connectivity index (χ0) is 14.3. The maximum absolute atomic E-state index is 11.4. The van der Waals surface area contributed by atoms with E-state index in [0.717, 1.165) is 6.29 Å². The quantitative estimate of drug-likeness (QED) is 0.558. The molecule has 19 heavy (non-hydrogen) atoms. The smallest absolute Gasteiger partial charge is 0.312 e. The van der Waals surface area contributed by atoms with E-state index in [-0.39, 0.29) is 18.5 Å². The molecular weight excluding hydrogens is 248 g/mol. The van der Waals surface area contributed by atoms with E-state index >= 15 is 0 Å². The molecule has 0 aliphatic carbocycles. The predicted molar refractivity (Wildman–Crippen MR) is 69.7 cm³/mol. The number of carbonyl (C=O) groups is 2. The number of hydrogen-bond donors (Lipinski definition) is 0. The highest BCUT2D eigenvalue weighted by Gasteiger charge is 2.16. The molecular formula is C14H18O5. The molecule has 1 unspecified atom stereocenters. The van der Waals surface area contributed by atoms with Gasteiger partial charge in [-0.25, -0.2) is 0 Å². The Labute approximate surface area is 112 Å². The van der Waals surface area contributed by atoms with Gasteiger partial charge < -0.3 is 14.2 Å². The van der Waals surface area contributed by atoms with Crippen molar-refractivity contribution in [2.75, 3.05) is 20.3 Å². The van der Waals surface area contributed by atoms with Gasteiger partial charge in [0.1, 0.15) is 12.9 Å². The Morgan fingerprint density at radius 3 is 2.68 bits per heavy atom. The van der Waals surface area contributed by atoms with Crippen molar-refractivity contribution in [3.63, 3.8) is 0 Å². The number of aldehydes is 1. The molecule has 0 bridgehead atoms. The van der Waals surface area contributed by atoms with Crippen molar-refractivity contribution in [1.29, 1.82) is 0 Å². The van der Waals surface area contributed by atoms with E-state index in [1.165, 1.54) is 7.11 Å². The zero-order valence-corrected chi connectivity index (χ0v) is 11.3. The summed E-state index contributed by atoms with van der Waals surface area (Å²) in [5.74, 6) is 0.284. The van der Waals surface area contributed by atoms with Crippen molar-refractivity contribution in [2.24, 2.45) is 5.92 Å². The van der Waals surface area contributed by atoms with Crippen LogP contribution in [0.25, 0.3) is 0 Å². The molecule has 5 heteroatoms. The summed E-state index contributed by atoms with van der Waals surface area (Å²) >= 11 is 0. The standard InChI is InChI=1S/C14H18O5/c1-4-18-14(16)10(2)9-19-12-6-5-11(8-15)7-13(12)17-3/h5-8,10H,4,9H2,1-3H3. The van der Waals surface area contributed by atoms with Gasteiger partial charge in [0.15, 0.2) is 11.5 Å². The van der Waals surface area contributed by atoms with Gasteiger partial charge in [0.25, 0.3) is 0 Å². The van der Waals surface area contributed by atoms with Gasteiger partial charge in [-0.1, -0.05) is 0 Å². The number of rotatable bonds is 7. The van der Waals surface area contributed by atoms with Gasteiger partial charge in [-0.05, 0) is 32.0 Å². The van der Waals surface area contributed by atoms with E-state index in [0.29, 0.717) is 23.7 Å². The SMILES string of the molecule is CCOC(=O)C(C)COc1ccc(C=O)cc1OC. The van der Waals surface area contributed by atoms with Gasteiger partial charge in [-0.2, -0.15) is 0 Å². The molecule has 0 fully saturated rings. The van der Waals surface area contributed by atoms with Crippen molar-refractivity contribution in [2.45, 2.75) is 13.8 Å². The Kier molecular flexibility index (Phi) is 5.85. The number of ether oxygens (including phenoxy) is 3. The van der Waals surface area contributed by atoms with E-state index in [1.807, 2.05) is 0 Å². The fraction of sp³-hybridized carbons (Fsp3) is 0.429. The van der Waals surface area contributed by atoms with E-state index in [4.69, 9.17) is 14.2 Å². The molecule has 0 aliphatic heterocycles. The molecule has 1 rings (SSSR count). The highest BCUT2D eigenvalue weighted by Crippen LogP contribution is 2.28. The van der Waals surface area contributed by atoms with Gasteiger partial charge >= 0.3 is 5.97 Å². The largest absolute Gasteiger partial charge is 0.493 e. The summed E-state index contributed by atoms with van der Waals surface area (Å²) in [6, 6.07) is 4.84. The normalized spacial score (nSPS) is 11.5. The molecule has 104 valence electrons. The Morgan fingerprint density at radius 1 is 1.37 bits per heavy atom. The summed E-state index contributed by atoms with van der Waals surface area (Å²) in [6.45, 7) is 4.02. The van der Waals surface area contributed by atoms with Crippen molar-refractivity contribution in [3.05, 3.63) is 23.8 Å². The third-order valence-corrected chi connectivity index (χ3v) is 2.50. The van der Waals surface area contributed by atoms with E-state index in [1.54, 1.807) is 32.0 Å². The second-order valence-corrected chi connectivity index (χ2v) is 3.99. The highest BCUT2D eigenvalue weighted by atomic mass is 16.5. The lowest BCUT2D eigenvalue weighted by Gasteiger charge is -2.14. The average Bonchev–Trinajstić information content (AvgIpc) is 2.44. The second-order valence-electron chi connectivity index (χ2n) is 3.99. The van der Waals surface area contributed by atoms with Crippen LogP contribution in [0.15, 0.2) is 18.2 Å². The first kappa shape index (κ1) is 15.0. The number of methoxy groups -OCH3 is 1. The first-order chi connectivity index (χ1) is 9.12. The fourth-order valence-corrected chi connectivity index (χ4v) is 1.44. The number of carbonyl (C=O) groups excluding carboxylic acids is 2. The van der Waals surface area contributed by atoms with Crippen LogP contribution < -0.4 is 9.47 Å². The molecule has 0 heterocycles. The Morgan fingerprint density at radius 2 is 2.11 bits per heavy atom. The number of hydrogen-bond acceptors (Lipinski definition) is 5. The van der Waals surface area contributed by atoms with Gasteiger partial charge in [0.05, 0.1) is 19.6 Å². The molecule has 0 radical (unpaired) electrons. The van der Waals surface area contributed by atoms with Crippen LogP contribution in [0.5, 0.6) is 11.5 Å². The van der Waals surface area contributed by atoms with E-state index in [2.05, 4.69) is 0 Å². The summed E-state index contributed by atoms with van der Waals surface area (Å²) in [4.78, 5) is 22.1. The minimum absolute atomic E-state index is 0.190. The third kappa shape index (κ3) is 4.28. The first-order valence-electron chi connectivity index (χ1n) is 6.05. The van der Waals surface area contributed by atoms with Crippen molar-refractivity contribution >= 4 is 12.3 Å². The lowest BCUT2D eigenvalue weighted by Crippen LogP contribution is -2.21. The molecule has 0 saturated carbocycles. The molecule has 0 N–H and O–H groups in total. The summed E-state index contributed by atoms with van der Waals surface area (Å²) in [7, 11) is 1.49. The van der Waals surface area contributed by atoms with E-state index in [9.17, 15) is 9.59 Å². The summed E-state index contributed by atoms with van der Waals surface area (Å²) < 4.78 is 15.5. The Hall–Kier alpha value is -2.04. The van der Waals surface area contributed by atoms with E-state index < -0.39 is 0 Å². The molecule has 1 atom stereocenters. The Bertz CT molecular complexity index is 441. The first-order valence-corrected chi connectivity index (χ1v) is 6.05. The van der Waals surface area contributed by atoms with Crippen LogP contribution in [0.2, 0.25) is 0 Å². The highest BCUT2D eigenvalue weighted by molar-refractivity contribution is 5.76. The van der Waals surface area contributed by atoms with Crippen LogP contribution in [-0.2, 0) is 9.53 Å². The average molecular weight is 266 g/mol. The summed E-state index contributed by atoms with van der Waals surface area (Å²) in [5, 5.41) is 0. The zero-order valence-electron chi connectivity index (χ0n) is 11.3. The van der Waals surface area contributed by atoms with Gasteiger partial charge in [0, 0.05) is 5.56 Å². The second kappa shape index (κ2) is 7.41. The minimum Gasteiger partial charge on any atom is -0.493 e. The van der Waals surface area contributed by atoms with Crippen LogP contribution in [0.4, 0.5) is 0 Å². The predicted octanol–water partition coefficient (Wildman–Crippen LogP) is 2.09. The molecule has 0 spiro atoms. The third-order valence-electron chi connectivity index (χ3n) is 2.50. The van der Waals surface area contributed by atoms with Crippen LogP contribution in [0.3, 0.4) is 0 Å². The van der Waals surface area contributed by atoms with Crippen LogP contribution in [-0.4, -0.2) is 32.6 Å². The number of benzene rings is 1. The summed E-state index contributed by atoms with van der Waals surface area (Å²) in [6.07, 6.45) is 0.730. The molecule has 0 saturated heterocycles. The summed E-state index contributed by atoms with van der Waals surface area (Å²) in [5.41, 5.74) is 0.502. The molecule has 0 aromatic heterocycles. The minimum atomic E-state index is -0.365. The van der Waals surface area contributed by atoms with Crippen LogP contribution >= 0.6 is 0 Å². The van der Waals surface area contributed by atoms with Crippen molar-refractivity contribution < 1.29 is 23.8 Å². The lowest BCUT2D eigenvalue weighted by molar-refractivity contribution is -0.148. The topological polar surface area (TPSA) is 61.8 Å². The maximum Gasteiger partial charge on any atom is 0.312 e. The van der Waals surface area contributed by atoms with Crippen LogP contribution in [0, 0.1) is 5.92 Å².